The minimum atomic E-state index is -4.29. The number of benzene rings is 1. The largest absolute Gasteiger partial charge is 0.416 e. The van der Waals surface area contributed by atoms with Gasteiger partial charge in [0.2, 0.25) is 0 Å². The first-order valence-electron chi connectivity index (χ1n) is 3.34. The van der Waals surface area contributed by atoms with Gasteiger partial charge in [-0.15, -0.1) is 0 Å². The van der Waals surface area contributed by atoms with Crippen LogP contribution in [0.15, 0.2) is 24.3 Å². The molecule has 1 N–H and O–H groups in total. The van der Waals surface area contributed by atoms with Crippen molar-refractivity contribution in [2.45, 2.75) is 6.18 Å². The first-order chi connectivity index (χ1) is 6.04. The SMILES string of the molecule is FC(F)(F)c1ccc(N[C]=S)cc1. The van der Waals surface area contributed by atoms with E-state index in [-0.39, 0.29) is 0 Å². The van der Waals surface area contributed by atoms with E-state index in [4.69, 9.17) is 0 Å². The molecule has 0 aromatic heterocycles. The minimum absolute atomic E-state index is 0.489. The molecule has 69 valence electrons. The molecule has 0 aliphatic rings. The Morgan fingerprint density at radius 3 is 2.08 bits per heavy atom. The van der Waals surface area contributed by atoms with Crippen molar-refractivity contribution in [3.63, 3.8) is 0 Å². The van der Waals surface area contributed by atoms with Crippen molar-refractivity contribution in [1.29, 1.82) is 0 Å². The van der Waals surface area contributed by atoms with Crippen molar-refractivity contribution >= 4 is 23.4 Å². The fraction of sp³-hybridized carbons (Fsp3) is 0.125. The molecule has 0 aliphatic carbocycles. The summed E-state index contributed by atoms with van der Waals surface area (Å²) in [7, 11) is 0. The molecule has 0 fully saturated rings. The molecule has 13 heavy (non-hydrogen) atoms. The summed E-state index contributed by atoms with van der Waals surface area (Å²) in [6.45, 7) is 0. The highest BCUT2D eigenvalue weighted by atomic mass is 32.1. The summed E-state index contributed by atoms with van der Waals surface area (Å²) < 4.78 is 36.1. The second-order valence-electron chi connectivity index (χ2n) is 2.30. The third kappa shape index (κ3) is 2.69. The van der Waals surface area contributed by atoms with Crippen LogP contribution in [0.1, 0.15) is 5.56 Å². The van der Waals surface area contributed by atoms with Crippen LogP contribution in [0.2, 0.25) is 0 Å². The fourth-order valence-corrected chi connectivity index (χ4v) is 0.919. The van der Waals surface area contributed by atoms with Crippen LogP contribution in [0.5, 0.6) is 0 Å². The van der Waals surface area contributed by atoms with E-state index in [9.17, 15) is 13.2 Å². The van der Waals surface area contributed by atoms with Crippen molar-refractivity contribution in [3.05, 3.63) is 29.8 Å². The maximum atomic E-state index is 12.0. The maximum absolute atomic E-state index is 12.0. The maximum Gasteiger partial charge on any atom is 0.416 e. The van der Waals surface area contributed by atoms with Gasteiger partial charge < -0.3 is 5.32 Å². The van der Waals surface area contributed by atoms with E-state index in [1.165, 1.54) is 12.1 Å². The van der Waals surface area contributed by atoms with Gasteiger partial charge in [-0.05, 0) is 24.3 Å². The molecule has 1 aromatic carbocycles. The number of hydrogen-bond acceptors (Lipinski definition) is 1. The molecule has 5 heteroatoms. The summed E-state index contributed by atoms with van der Waals surface area (Å²) in [5.74, 6) is 0. The van der Waals surface area contributed by atoms with E-state index < -0.39 is 11.7 Å². The summed E-state index contributed by atoms with van der Waals surface area (Å²) in [5.41, 5.74) is 2.00. The zero-order valence-corrected chi connectivity index (χ0v) is 7.17. The molecule has 0 heterocycles. The van der Waals surface area contributed by atoms with Crippen LogP contribution >= 0.6 is 12.2 Å². The molecule has 0 unspecified atom stereocenters. The lowest BCUT2D eigenvalue weighted by Gasteiger charge is -2.06. The lowest BCUT2D eigenvalue weighted by Crippen LogP contribution is -2.04. The van der Waals surface area contributed by atoms with E-state index in [1.54, 1.807) is 0 Å². The van der Waals surface area contributed by atoms with Crippen molar-refractivity contribution in [1.82, 2.24) is 0 Å². The van der Waals surface area contributed by atoms with Crippen molar-refractivity contribution in [2.75, 3.05) is 5.32 Å². The zero-order chi connectivity index (χ0) is 9.90. The van der Waals surface area contributed by atoms with E-state index in [0.717, 1.165) is 12.1 Å². The standard InChI is InChI=1S/C8H5F3NS/c9-8(10,11)6-1-3-7(4-2-6)12-5-13/h1-4H,(H,12,13). The molecule has 1 rings (SSSR count). The topological polar surface area (TPSA) is 12.0 Å². The molecular weight excluding hydrogens is 199 g/mol. The first-order valence-corrected chi connectivity index (χ1v) is 3.75. The van der Waals surface area contributed by atoms with Crippen LogP contribution in [0.4, 0.5) is 18.9 Å². The number of rotatable bonds is 2. The van der Waals surface area contributed by atoms with Crippen molar-refractivity contribution in [2.24, 2.45) is 0 Å². The smallest absolute Gasteiger partial charge is 0.344 e. The van der Waals surface area contributed by atoms with Crippen LogP contribution in [0, 0.1) is 0 Å². The Hall–Kier alpha value is -1.10. The van der Waals surface area contributed by atoms with Gasteiger partial charge >= 0.3 is 6.18 Å². The predicted octanol–water partition coefficient (Wildman–Crippen LogP) is 2.95. The van der Waals surface area contributed by atoms with Gasteiger partial charge in [-0.25, -0.2) is 0 Å². The fourth-order valence-electron chi connectivity index (χ4n) is 0.801. The van der Waals surface area contributed by atoms with E-state index in [1.807, 2.05) is 0 Å². The number of anilines is 1. The molecule has 1 aromatic rings. The Morgan fingerprint density at radius 2 is 1.69 bits per heavy atom. The average molecular weight is 204 g/mol. The molecule has 1 nitrogen and oxygen atoms in total. The van der Waals surface area contributed by atoms with Crippen LogP contribution in [-0.4, -0.2) is 5.49 Å². The average Bonchev–Trinajstić information content (AvgIpc) is 2.04. The Labute approximate surface area is 78.6 Å². The highest BCUT2D eigenvalue weighted by Crippen LogP contribution is 2.29. The third-order valence-electron chi connectivity index (χ3n) is 1.41. The number of alkyl halides is 3. The normalized spacial score (nSPS) is 11.0. The molecular formula is C8H5F3NS. The minimum Gasteiger partial charge on any atom is -0.344 e. The van der Waals surface area contributed by atoms with Crippen LogP contribution in [0.3, 0.4) is 0 Å². The quantitative estimate of drug-likeness (QED) is 0.587. The first kappa shape index (κ1) is 9.98. The number of hydrogen-bond donors (Lipinski definition) is 1. The van der Waals surface area contributed by atoms with Gasteiger partial charge in [-0.1, -0.05) is 12.2 Å². The van der Waals surface area contributed by atoms with Gasteiger partial charge in [0.05, 0.1) is 5.56 Å². The molecule has 0 spiro atoms. The molecule has 0 saturated heterocycles. The van der Waals surface area contributed by atoms with Crippen LogP contribution < -0.4 is 5.32 Å². The molecule has 0 amide bonds. The monoisotopic (exact) mass is 204 g/mol. The highest BCUT2D eigenvalue weighted by Gasteiger charge is 2.29. The van der Waals surface area contributed by atoms with Gasteiger partial charge in [0, 0.05) is 5.69 Å². The molecule has 1 radical (unpaired) electrons. The second-order valence-corrected chi connectivity index (χ2v) is 2.51. The van der Waals surface area contributed by atoms with E-state index in [0.29, 0.717) is 5.69 Å². The molecule has 0 atom stereocenters. The summed E-state index contributed by atoms with van der Waals surface area (Å²) in [6, 6.07) is 4.55. The van der Waals surface area contributed by atoms with E-state index in [2.05, 4.69) is 23.0 Å². The summed E-state index contributed by atoms with van der Waals surface area (Å²) in [5, 5.41) is 2.48. The Kier molecular flexibility index (Phi) is 2.87. The lowest BCUT2D eigenvalue weighted by molar-refractivity contribution is -0.137. The van der Waals surface area contributed by atoms with Crippen molar-refractivity contribution < 1.29 is 13.2 Å². The van der Waals surface area contributed by atoms with Crippen LogP contribution in [0.25, 0.3) is 0 Å². The summed E-state index contributed by atoms with van der Waals surface area (Å²) in [6.07, 6.45) is -4.29. The highest BCUT2D eigenvalue weighted by molar-refractivity contribution is 7.79. The number of thiocarbonyl (C=S) groups is 1. The Morgan fingerprint density at radius 1 is 1.15 bits per heavy atom. The zero-order valence-electron chi connectivity index (χ0n) is 6.35. The molecule has 0 bridgehead atoms. The van der Waals surface area contributed by atoms with Crippen LogP contribution in [-0.2, 0) is 6.18 Å². The van der Waals surface area contributed by atoms with Gasteiger partial charge in [0.1, 0.15) is 5.49 Å². The van der Waals surface area contributed by atoms with Gasteiger partial charge in [-0.2, -0.15) is 13.2 Å². The Bertz CT molecular complexity index is 291. The second kappa shape index (κ2) is 3.74. The number of halogens is 3. The summed E-state index contributed by atoms with van der Waals surface area (Å²) in [4.78, 5) is 0. The molecule has 0 saturated carbocycles. The van der Waals surface area contributed by atoms with Gasteiger partial charge in [-0.3, -0.25) is 0 Å². The van der Waals surface area contributed by atoms with Crippen molar-refractivity contribution in [3.8, 4) is 0 Å². The Balaban J connectivity index is 2.87. The molecule has 0 aliphatic heterocycles. The predicted molar refractivity (Wildman–Crippen MR) is 47.7 cm³/mol. The van der Waals surface area contributed by atoms with Gasteiger partial charge in [0.25, 0.3) is 0 Å². The van der Waals surface area contributed by atoms with Gasteiger partial charge in [0.15, 0.2) is 0 Å². The summed E-state index contributed by atoms with van der Waals surface area (Å²) >= 11 is 4.36. The third-order valence-corrected chi connectivity index (χ3v) is 1.51. The lowest BCUT2D eigenvalue weighted by atomic mass is 10.2. The van der Waals surface area contributed by atoms with E-state index >= 15 is 0 Å². The number of nitrogens with one attached hydrogen (secondary N) is 1.